The number of hydrogen-bond acceptors (Lipinski definition) is 2. The van der Waals surface area contributed by atoms with Crippen molar-refractivity contribution in [1.82, 2.24) is 9.97 Å². The van der Waals surface area contributed by atoms with Crippen LogP contribution in [0.15, 0.2) is 115 Å². The summed E-state index contributed by atoms with van der Waals surface area (Å²) in [5.74, 6) is 0.743. The number of aryl methyl sites for hydroxylation is 1. The Bertz CT molecular complexity index is 1510. The molecular weight excluding hydrogens is 400 g/mol. The number of rotatable bonds is 3. The van der Waals surface area contributed by atoms with Crippen LogP contribution in [0.1, 0.15) is 5.56 Å². The van der Waals surface area contributed by atoms with Crippen molar-refractivity contribution in [2.75, 3.05) is 0 Å². The van der Waals surface area contributed by atoms with E-state index in [0.29, 0.717) is 0 Å². The molecule has 2 heteroatoms. The number of benzene rings is 5. The maximum atomic E-state index is 5.11. The van der Waals surface area contributed by atoms with Crippen molar-refractivity contribution in [1.29, 1.82) is 0 Å². The Kier molecular flexibility index (Phi) is 4.70. The second-order valence-electron chi connectivity index (χ2n) is 8.38. The van der Waals surface area contributed by atoms with Crippen LogP contribution in [0.25, 0.3) is 55.4 Å². The predicted octanol–water partition coefficient (Wildman–Crippen LogP) is 8.09. The second kappa shape index (κ2) is 7.99. The second-order valence-corrected chi connectivity index (χ2v) is 8.38. The van der Waals surface area contributed by atoms with Crippen LogP contribution in [0.5, 0.6) is 0 Å². The minimum atomic E-state index is 0.743. The lowest BCUT2D eigenvalue weighted by atomic mass is 9.99. The van der Waals surface area contributed by atoms with Gasteiger partial charge in [0.1, 0.15) is 0 Å². The minimum absolute atomic E-state index is 0.743. The highest BCUT2D eigenvalue weighted by molar-refractivity contribution is 5.98. The summed E-state index contributed by atoms with van der Waals surface area (Å²) < 4.78 is 0. The van der Waals surface area contributed by atoms with E-state index >= 15 is 0 Å². The molecule has 0 spiro atoms. The molecule has 1 aromatic heterocycles. The van der Waals surface area contributed by atoms with Gasteiger partial charge in [-0.2, -0.15) is 0 Å². The smallest absolute Gasteiger partial charge is 0.161 e. The summed E-state index contributed by atoms with van der Waals surface area (Å²) >= 11 is 0. The standard InChI is InChI=1S/C31H22N2/c1-21-16-18-24(19-17-21)29-20-30(27-14-6-10-22-8-2-4-12-25(22)27)33-31(32-29)28-15-7-11-23-9-3-5-13-26(23)28/h2-20H,1H3. The van der Waals surface area contributed by atoms with Crippen LogP contribution in [0, 0.1) is 6.92 Å². The largest absolute Gasteiger partial charge is 0.228 e. The average Bonchev–Trinajstić information content (AvgIpc) is 2.88. The highest BCUT2D eigenvalue weighted by Crippen LogP contribution is 2.33. The molecule has 0 aliphatic rings. The van der Waals surface area contributed by atoms with Gasteiger partial charge in [-0.05, 0) is 34.5 Å². The van der Waals surface area contributed by atoms with E-state index in [2.05, 4.69) is 122 Å². The third kappa shape index (κ3) is 3.56. The van der Waals surface area contributed by atoms with Gasteiger partial charge in [-0.1, -0.05) is 115 Å². The van der Waals surface area contributed by atoms with E-state index in [9.17, 15) is 0 Å². The molecule has 0 atom stereocenters. The van der Waals surface area contributed by atoms with Crippen LogP contribution in [-0.4, -0.2) is 9.97 Å². The molecule has 6 rings (SSSR count). The van der Waals surface area contributed by atoms with E-state index in [4.69, 9.17) is 9.97 Å². The lowest BCUT2D eigenvalue weighted by molar-refractivity contribution is 1.19. The molecule has 0 saturated heterocycles. The van der Waals surface area contributed by atoms with Gasteiger partial charge in [0.05, 0.1) is 11.4 Å². The zero-order chi connectivity index (χ0) is 22.2. The third-order valence-corrected chi connectivity index (χ3v) is 6.17. The fraction of sp³-hybridized carbons (Fsp3) is 0.0323. The molecule has 0 aliphatic carbocycles. The molecule has 0 bridgehead atoms. The first-order valence-electron chi connectivity index (χ1n) is 11.2. The van der Waals surface area contributed by atoms with Crippen molar-refractivity contribution in [3.63, 3.8) is 0 Å². The quantitative estimate of drug-likeness (QED) is 0.288. The predicted molar refractivity (Wildman–Crippen MR) is 138 cm³/mol. The van der Waals surface area contributed by atoms with Crippen LogP contribution >= 0.6 is 0 Å². The van der Waals surface area contributed by atoms with Gasteiger partial charge in [-0.25, -0.2) is 9.97 Å². The van der Waals surface area contributed by atoms with Crippen LogP contribution in [0.4, 0.5) is 0 Å². The molecule has 0 unspecified atom stereocenters. The van der Waals surface area contributed by atoms with Gasteiger partial charge in [0, 0.05) is 16.7 Å². The molecule has 156 valence electrons. The van der Waals surface area contributed by atoms with Crippen molar-refractivity contribution in [2.24, 2.45) is 0 Å². The first-order chi connectivity index (χ1) is 16.3. The van der Waals surface area contributed by atoms with E-state index in [1.165, 1.54) is 21.7 Å². The minimum Gasteiger partial charge on any atom is -0.228 e. The molecule has 0 aliphatic heterocycles. The van der Waals surface area contributed by atoms with Crippen molar-refractivity contribution >= 4 is 21.5 Å². The molecule has 6 aromatic rings. The van der Waals surface area contributed by atoms with Crippen LogP contribution in [0.2, 0.25) is 0 Å². The third-order valence-electron chi connectivity index (χ3n) is 6.17. The van der Waals surface area contributed by atoms with Crippen LogP contribution in [-0.2, 0) is 0 Å². The summed E-state index contributed by atoms with van der Waals surface area (Å²) in [7, 11) is 0. The van der Waals surface area contributed by atoms with Crippen molar-refractivity contribution in [3.05, 3.63) is 121 Å². The highest BCUT2D eigenvalue weighted by Gasteiger charge is 2.14. The zero-order valence-corrected chi connectivity index (χ0v) is 18.4. The van der Waals surface area contributed by atoms with Gasteiger partial charge in [-0.3, -0.25) is 0 Å². The summed E-state index contributed by atoms with van der Waals surface area (Å²) in [6.45, 7) is 2.10. The molecule has 5 aromatic carbocycles. The number of aromatic nitrogens is 2. The normalized spacial score (nSPS) is 11.2. The molecule has 0 radical (unpaired) electrons. The number of fused-ring (bicyclic) bond motifs is 2. The van der Waals surface area contributed by atoms with Gasteiger partial charge in [0.15, 0.2) is 5.82 Å². The van der Waals surface area contributed by atoms with Gasteiger partial charge in [0.2, 0.25) is 0 Å². The van der Waals surface area contributed by atoms with Crippen molar-refractivity contribution in [2.45, 2.75) is 6.92 Å². The fourth-order valence-electron chi connectivity index (χ4n) is 4.45. The lowest BCUT2D eigenvalue weighted by Gasteiger charge is -2.12. The number of hydrogen-bond donors (Lipinski definition) is 0. The summed E-state index contributed by atoms with van der Waals surface area (Å²) in [5, 5.41) is 4.74. The van der Waals surface area contributed by atoms with E-state index < -0.39 is 0 Å². The molecule has 33 heavy (non-hydrogen) atoms. The van der Waals surface area contributed by atoms with Gasteiger partial charge in [0.25, 0.3) is 0 Å². The average molecular weight is 423 g/mol. The lowest BCUT2D eigenvalue weighted by Crippen LogP contribution is -1.97. The van der Waals surface area contributed by atoms with E-state index in [1.807, 2.05) is 0 Å². The Balaban J connectivity index is 1.64. The van der Waals surface area contributed by atoms with Crippen LogP contribution in [0.3, 0.4) is 0 Å². The summed E-state index contributed by atoms with van der Waals surface area (Å²) in [5.41, 5.74) is 6.34. The zero-order valence-electron chi connectivity index (χ0n) is 18.4. The molecule has 1 heterocycles. The number of nitrogens with zero attached hydrogens (tertiary/aromatic N) is 2. The van der Waals surface area contributed by atoms with E-state index in [1.54, 1.807) is 0 Å². The Morgan fingerprint density at radius 2 is 1.03 bits per heavy atom. The topological polar surface area (TPSA) is 25.8 Å². The first kappa shape index (κ1) is 19.4. The molecule has 0 amide bonds. The molecule has 2 nitrogen and oxygen atoms in total. The van der Waals surface area contributed by atoms with E-state index in [0.717, 1.165) is 39.3 Å². The summed E-state index contributed by atoms with van der Waals surface area (Å²) in [4.78, 5) is 10.2. The van der Waals surface area contributed by atoms with Gasteiger partial charge >= 0.3 is 0 Å². The molecule has 0 N–H and O–H groups in total. The van der Waals surface area contributed by atoms with Crippen LogP contribution < -0.4 is 0 Å². The summed E-state index contributed by atoms with van der Waals surface area (Å²) in [6, 6.07) is 40.3. The first-order valence-corrected chi connectivity index (χ1v) is 11.2. The molecule has 0 saturated carbocycles. The van der Waals surface area contributed by atoms with Crippen molar-refractivity contribution < 1.29 is 0 Å². The van der Waals surface area contributed by atoms with Gasteiger partial charge in [-0.15, -0.1) is 0 Å². The van der Waals surface area contributed by atoms with Crippen molar-refractivity contribution in [3.8, 4) is 33.9 Å². The Morgan fingerprint density at radius 3 is 1.73 bits per heavy atom. The SMILES string of the molecule is Cc1ccc(-c2cc(-c3cccc4ccccc34)nc(-c3cccc4ccccc34)n2)cc1. The Hall–Kier alpha value is -4.30. The van der Waals surface area contributed by atoms with Gasteiger partial charge < -0.3 is 0 Å². The molecule has 0 fully saturated rings. The maximum Gasteiger partial charge on any atom is 0.161 e. The van der Waals surface area contributed by atoms with E-state index in [-0.39, 0.29) is 0 Å². The maximum absolute atomic E-state index is 5.11. The fourth-order valence-corrected chi connectivity index (χ4v) is 4.45. The highest BCUT2D eigenvalue weighted by atomic mass is 14.9. The Labute approximate surface area is 193 Å². The Morgan fingerprint density at radius 1 is 0.485 bits per heavy atom. The summed E-state index contributed by atoms with van der Waals surface area (Å²) in [6.07, 6.45) is 0. The monoisotopic (exact) mass is 422 g/mol. The molecular formula is C31H22N2.